The van der Waals surface area contributed by atoms with Crippen LogP contribution in [0, 0.1) is 12.7 Å². The summed E-state index contributed by atoms with van der Waals surface area (Å²) in [4.78, 5) is 16.3. The summed E-state index contributed by atoms with van der Waals surface area (Å²) in [5, 5.41) is 0.194. The van der Waals surface area contributed by atoms with Crippen molar-refractivity contribution in [2.75, 3.05) is 0 Å². The molecular weight excluding hydrogens is 331 g/mol. The van der Waals surface area contributed by atoms with Crippen LogP contribution in [0.15, 0.2) is 22.5 Å². The van der Waals surface area contributed by atoms with E-state index in [4.69, 9.17) is 17.3 Å². The van der Waals surface area contributed by atoms with Crippen LogP contribution in [0.3, 0.4) is 0 Å². The monoisotopic (exact) mass is 344 g/mol. The quantitative estimate of drug-likeness (QED) is 0.830. The first kappa shape index (κ1) is 16.3. The fraction of sp³-hybridized carbons (Fsp3) is 0.286. The molecule has 0 bridgehead atoms. The molecule has 1 heterocycles. The van der Waals surface area contributed by atoms with Crippen molar-refractivity contribution in [3.8, 4) is 0 Å². The van der Waals surface area contributed by atoms with Gasteiger partial charge in [0.1, 0.15) is 5.82 Å². The highest BCUT2D eigenvalue weighted by atomic mass is 35.5. The fourth-order valence-electron chi connectivity index (χ4n) is 1.76. The molecule has 0 aliphatic carbocycles. The third-order valence-corrected chi connectivity index (χ3v) is 5.60. The lowest BCUT2D eigenvalue weighted by atomic mass is 10.2. The maximum absolute atomic E-state index is 13.2. The Morgan fingerprint density at radius 3 is 2.90 bits per heavy atom. The van der Waals surface area contributed by atoms with E-state index in [2.05, 4.69) is 4.98 Å². The molecular formula is C14H14ClFN2OS2. The number of primary amides is 1. The van der Waals surface area contributed by atoms with Crippen LogP contribution >= 0.6 is 34.7 Å². The maximum Gasteiger partial charge on any atom is 0.222 e. The Morgan fingerprint density at radius 1 is 1.57 bits per heavy atom. The molecule has 2 N–H and O–H groups in total. The van der Waals surface area contributed by atoms with Gasteiger partial charge in [0.15, 0.2) is 4.34 Å². The van der Waals surface area contributed by atoms with Crippen molar-refractivity contribution in [2.24, 2.45) is 5.73 Å². The highest BCUT2D eigenvalue weighted by molar-refractivity contribution is 8.01. The molecule has 3 nitrogen and oxygen atoms in total. The van der Waals surface area contributed by atoms with Crippen molar-refractivity contribution in [2.45, 2.75) is 29.9 Å². The molecule has 0 fully saturated rings. The van der Waals surface area contributed by atoms with Gasteiger partial charge in [-0.1, -0.05) is 29.4 Å². The number of carbonyl (C=O) groups excluding carboxylic acids is 1. The van der Waals surface area contributed by atoms with Gasteiger partial charge < -0.3 is 5.73 Å². The molecule has 0 saturated heterocycles. The van der Waals surface area contributed by atoms with E-state index < -0.39 is 5.82 Å². The van der Waals surface area contributed by atoms with E-state index in [0.29, 0.717) is 0 Å². The van der Waals surface area contributed by atoms with Crippen molar-refractivity contribution >= 4 is 40.6 Å². The average Bonchev–Trinajstić information content (AvgIpc) is 2.72. The van der Waals surface area contributed by atoms with Crippen molar-refractivity contribution in [1.29, 1.82) is 0 Å². The van der Waals surface area contributed by atoms with Crippen LogP contribution in [0.4, 0.5) is 4.39 Å². The summed E-state index contributed by atoms with van der Waals surface area (Å²) >= 11 is 8.81. The van der Waals surface area contributed by atoms with Gasteiger partial charge in [0.2, 0.25) is 5.91 Å². The van der Waals surface area contributed by atoms with Crippen LogP contribution in [-0.4, -0.2) is 10.9 Å². The van der Waals surface area contributed by atoms with Gasteiger partial charge in [-0.05, 0) is 31.5 Å². The van der Waals surface area contributed by atoms with Crippen molar-refractivity contribution in [3.63, 3.8) is 0 Å². The smallest absolute Gasteiger partial charge is 0.222 e. The number of carbonyl (C=O) groups is 1. The molecule has 0 aliphatic rings. The van der Waals surface area contributed by atoms with E-state index in [0.717, 1.165) is 20.5 Å². The molecule has 0 aliphatic heterocycles. The maximum atomic E-state index is 13.2. The average molecular weight is 345 g/mol. The summed E-state index contributed by atoms with van der Waals surface area (Å²) < 4.78 is 14.0. The van der Waals surface area contributed by atoms with Crippen LogP contribution in [-0.2, 0) is 11.2 Å². The number of amides is 1. The topological polar surface area (TPSA) is 56.0 Å². The first-order valence-electron chi connectivity index (χ1n) is 6.23. The summed E-state index contributed by atoms with van der Waals surface area (Å²) in [6.07, 6.45) is 0.209. The van der Waals surface area contributed by atoms with Gasteiger partial charge in [-0.25, -0.2) is 9.37 Å². The van der Waals surface area contributed by atoms with E-state index in [1.165, 1.54) is 17.4 Å². The van der Waals surface area contributed by atoms with Crippen molar-refractivity contribution < 1.29 is 9.18 Å². The lowest BCUT2D eigenvalue weighted by Crippen LogP contribution is -2.13. The first-order valence-corrected chi connectivity index (χ1v) is 8.30. The highest BCUT2D eigenvalue weighted by Crippen LogP contribution is 2.38. The number of benzene rings is 1. The van der Waals surface area contributed by atoms with Gasteiger partial charge in [-0.15, -0.1) is 11.3 Å². The summed E-state index contributed by atoms with van der Waals surface area (Å²) in [5.41, 5.74) is 6.96. The number of nitrogens with two attached hydrogens (primary N) is 1. The third kappa shape index (κ3) is 4.18. The SMILES string of the molecule is Cc1nc(S[C@H](C)c2ccc(F)c(Cl)c2)sc1CC(N)=O. The molecule has 112 valence electrons. The number of aryl methyl sites for hydroxylation is 1. The molecule has 7 heteroatoms. The molecule has 2 aromatic rings. The number of rotatable bonds is 5. The van der Waals surface area contributed by atoms with E-state index in [9.17, 15) is 9.18 Å². The Morgan fingerprint density at radius 2 is 2.29 bits per heavy atom. The Hall–Kier alpha value is -1.11. The molecule has 21 heavy (non-hydrogen) atoms. The predicted molar refractivity (Wildman–Crippen MR) is 85.4 cm³/mol. The van der Waals surface area contributed by atoms with E-state index in [1.54, 1.807) is 23.9 Å². The predicted octanol–water partition coefficient (Wildman–Crippen LogP) is 4.13. The zero-order chi connectivity index (χ0) is 15.6. The van der Waals surface area contributed by atoms with Gasteiger partial charge in [-0.3, -0.25) is 4.79 Å². The fourth-order valence-corrected chi connectivity index (χ4v) is 4.45. The molecule has 1 aromatic carbocycles. The van der Waals surface area contributed by atoms with Gasteiger partial charge >= 0.3 is 0 Å². The van der Waals surface area contributed by atoms with E-state index in [-0.39, 0.29) is 22.6 Å². The number of hydrogen-bond acceptors (Lipinski definition) is 4. The highest BCUT2D eigenvalue weighted by Gasteiger charge is 2.15. The summed E-state index contributed by atoms with van der Waals surface area (Å²) in [6.45, 7) is 3.86. The van der Waals surface area contributed by atoms with Crippen LogP contribution in [0.1, 0.15) is 28.3 Å². The van der Waals surface area contributed by atoms with Crippen molar-refractivity contribution in [3.05, 3.63) is 45.2 Å². The number of aromatic nitrogens is 1. The molecule has 1 amide bonds. The molecule has 2 rings (SSSR count). The minimum Gasteiger partial charge on any atom is -0.369 e. The Bertz CT molecular complexity index is 675. The molecule has 1 atom stereocenters. The zero-order valence-electron chi connectivity index (χ0n) is 11.5. The summed E-state index contributed by atoms with van der Waals surface area (Å²) in [5.74, 6) is -0.789. The van der Waals surface area contributed by atoms with Crippen LogP contribution in [0.25, 0.3) is 0 Å². The lowest BCUT2D eigenvalue weighted by Gasteiger charge is -2.10. The minimum atomic E-state index is -0.425. The molecule has 0 saturated carbocycles. The van der Waals surface area contributed by atoms with Crippen molar-refractivity contribution in [1.82, 2.24) is 4.98 Å². The largest absolute Gasteiger partial charge is 0.369 e. The first-order chi connectivity index (χ1) is 9.86. The Labute approximate surface area is 135 Å². The molecule has 1 aromatic heterocycles. The van der Waals surface area contributed by atoms with Gasteiger partial charge in [0, 0.05) is 10.1 Å². The second-order valence-electron chi connectivity index (χ2n) is 4.57. The summed E-state index contributed by atoms with van der Waals surface area (Å²) in [6, 6.07) is 4.70. The Kier molecular flexibility index (Phi) is 5.24. The molecule has 0 radical (unpaired) electrons. The van der Waals surface area contributed by atoms with Gasteiger partial charge in [0.25, 0.3) is 0 Å². The van der Waals surface area contributed by atoms with Crippen LogP contribution < -0.4 is 5.73 Å². The number of thiazole rings is 1. The standard InChI is InChI=1S/C14H14ClFN2OS2/c1-7-12(6-13(17)19)21-14(18-7)20-8(2)9-3-4-11(16)10(15)5-9/h3-5,8H,6H2,1-2H3,(H2,17,19)/t8-/m1/s1. The summed E-state index contributed by atoms with van der Waals surface area (Å²) in [7, 11) is 0. The van der Waals surface area contributed by atoms with Crippen LogP contribution in [0.2, 0.25) is 5.02 Å². The second-order valence-corrected chi connectivity index (χ2v) is 7.64. The molecule has 0 spiro atoms. The van der Waals surface area contributed by atoms with E-state index in [1.807, 2.05) is 13.8 Å². The number of hydrogen-bond donors (Lipinski definition) is 1. The second kappa shape index (κ2) is 6.77. The third-order valence-electron chi connectivity index (χ3n) is 2.90. The number of thioether (sulfide) groups is 1. The number of nitrogens with zero attached hydrogens (tertiary/aromatic N) is 1. The normalized spacial score (nSPS) is 12.4. The Balaban J connectivity index is 2.13. The van der Waals surface area contributed by atoms with E-state index >= 15 is 0 Å². The lowest BCUT2D eigenvalue weighted by molar-refractivity contribution is -0.117. The van der Waals surface area contributed by atoms with Gasteiger partial charge in [-0.2, -0.15) is 0 Å². The molecule has 0 unspecified atom stereocenters. The van der Waals surface area contributed by atoms with Gasteiger partial charge in [0.05, 0.1) is 17.1 Å². The number of halogens is 2. The zero-order valence-corrected chi connectivity index (χ0v) is 13.9. The minimum absolute atomic E-state index is 0.0788. The van der Waals surface area contributed by atoms with Crippen LogP contribution in [0.5, 0.6) is 0 Å².